The van der Waals surface area contributed by atoms with Gasteiger partial charge in [-0.15, -0.1) is 0 Å². The third-order valence-corrected chi connectivity index (χ3v) is 4.96. The van der Waals surface area contributed by atoms with E-state index in [1.54, 1.807) is 49.8 Å². The number of rotatable bonds is 6. The highest BCUT2D eigenvalue weighted by Crippen LogP contribution is 2.30. The lowest BCUT2D eigenvalue weighted by Crippen LogP contribution is -2.39. The number of nitrogens with one attached hydrogen (secondary N) is 3. The molecule has 152 valence electrons. The van der Waals surface area contributed by atoms with Gasteiger partial charge in [-0.05, 0) is 29.8 Å². The maximum absolute atomic E-state index is 13.4. The molecule has 0 amide bonds. The van der Waals surface area contributed by atoms with E-state index in [-0.39, 0.29) is 31.6 Å². The Morgan fingerprint density at radius 1 is 1.21 bits per heavy atom. The van der Waals surface area contributed by atoms with Crippen LogP contribution in [0.4, 0.5) is 20.3 Å². The van der Waals surface area contributed by atoms with Crippen molar-refractivity contribution in [3.05, 3.63) is 59.4 Å². The number of pyridine rings is 1. The van der Waals surface area contributed by atoms with Gasteiger partial charge in [0.25, 0.3) is 5.92 Å². The SMILES string of the molecule is CN/C=C(\C=N)c1ccc(N)c(C(=N)c2ccnc(N3CCC(F)(F)CC3)c2)c1. The molecule has 1 saturated heterocycles. The van der Waals surface area contributed by atoms with E-state index in [9.17, 15) is 8.78 Å². The first-order valence-corrected chi connectivity index (χ1v) is 9.30. The number of anilines is 2. The van der Waals surface area contributed by atoms with E-state index >= 15 is 0 Å². The van der Waals surface area contributed by atoms with Gasteiger partial charge in [0.1, 0.15) is 5.82 Å². The molecule has 3 rings (SSSR count). The molecule has 1 aromatic carbocycles. The summed E-state index contributed by atoms with van der Waals surface area (Å²) in [5.74, 6) is -2.05. The summed E-state index contributed by atoms with van der Waals surface area (Å²) in [6.07, 6.45) is 4.11. The molecule has 1 fully saturated rings. The summed E-state index contributed by atoms with van der Waals surface area (Å²) in [4.78, 5) is 6.11. The predicted molar refractivity (Wildman–Crippen MR) is 113 cm³/mol. The molecule has 29 heavy (non-hydrogen) atoms. The van der Waals surface area contributed by atoms with Crippen LogP contribution < -0.4 is 16.0 Å². The van der Waals surface area contributed by atoms with Gasteiger partial charge in [-0.3, -0.25) is 5.41 Å². The number of nitrogen functional groups attached to an aromatic ring is 1. The minimum absolute atomic E-state index is 0.199. The predicted octanol–water partition coefficient (Wildman–Crippen LogP) is 3.53. The zero-order valence-electron chi connectivity index (χ0n) is 16.2. The number of nitrogens with two attached hydrogens (primary N) is 1. The second-order valence-electron chi connectivity index (χ2n) is 6.96. The molecule has 0 saturated carbocycles. The average Bonchev–Trinajstić information content (AvgIpc) is 2.72. The molecule has 0 bridgehead atoms. The highest BCUT2D eigenvalue weighted by molar-refractivity contribution is 6.15. The summed E-state index contributed by atoms with van der Waals surface area (Å²) in [5.41, 5.74) is 9.33. The number of piperidine rings is 1. The number of halogens is 2. The van der Waals surface area contributed by atoms with Crippen molar-refractivity contribution in [1.82, 2.24) is 10.3 Å². The molecular weight excluding hydrogens is 374 g/mol. The fourth-order valence-electron chi connectivity index (χ4n) is 3.28. The van der Waals surface area contributed by atoms with Crippen LogP contribution in [0.1, 0.15) is 29.5 Å². The van der Waals surface area contributed by atoms with Crippen molar-refractivity contribution in [2.45, 2.75) is 18.8 Å². The van der Waals surface area contributed by atoms with Crippen LogP contribution in [0.5, 0.6) is 0 Å². The fourth-order valence-corrected chi connectivity index (χ4v) is 3.28. The number of alkyl halides is 2. The Morgan fingerprint density at radius 2 is 1.93 bits per heavy atom. The number of hydrogen-bond acceptors (Lipinski definition) is 6. The molecule has 1 aliphatic heterocycles. The Labute approximate surface area is 168 Å². The van der Waals surface area contributed by atoms with Gasteiger partial charge in [0, 0.05) is 74.0 Å². The van der Waals surface area contributed by atoms with Crippen molar-refractivity contribution in [2.75, 3.05) is 30.8 Å². The van der Waals surface area contributed by atoms with Crippen molar-refractivity contribution in [2.24, 2.45) is 0 Å². The van der Waals surface area contributed by atoms with E-state index in [1.807, 2.05) is 4.90 Å². The summed E-state index contributed by atoms with van der Waals surface area (Å²) in [7, 11) is 1.75. The van der Waals surface area contributed by atoms with Crippen LogP contribution >= 0.6 is 0 Å². The van der Waals surface area contributed by atoms with Gasteiger partial charge in [0.2, 0.25) is 0 Å². The molecule has 5 N–H and O–H groups in total. The lowest BCUT2D eigenvalue weighted by molar-refractivity contribution is -0.0221. The van der Waals surface area contributed by atoms with Gasteiger partial charge in [0.05, 0.1) is 5.71 Å². The summed E-state index contributed by atoms with van der Waals surface area (Å²) < 4.78 is 26.9. The Kier molecular flexibility index (Phi) is 5.91. The van der Waals surface area contributed by atoms with Crippen molar-refractivity contribution < 1.29 is 8.78 Å². The van der Waals surface area contributed by atoms with Crippen LogP contribution in [-0.4, -0.2) is 43.0 Å². The maximum Gasteiger partial charge on any atom is 0.251 e. The average molecular weight is 398 g/mol. The number of nitrogens with zero attached hydrogens (tertiary/aromatic N) is 2. The van der Waals surface area contributed by atoms with Crippen LogP contribution in [-0.2, 0) is 0 Å². The summed E-state index contributed by atoms with van der Waals surface area (Å²) >= 11 is 0. The Balaban J connectivity index is 1.89. The van der Waals surface area contributed by atoms with Gasteiger partial charge in [-0.2, -0.15) is 0 Å². The monoisotopic (exact) mass is 398 g/mol. The molecule has 0 radical (unpaired) electrons. The first kappa shape index (κ1) is 20.4. The van der Waals surface area contributed by atoms with Crippen molar-refractivity contribution >= 4 is 29.0 Å². The maximum atomic E-state index is 13.4. The molecule has 1 aliphatic rings. The Hall–Kier alpha value is -3.29. The second-order valence-corrected chi connectivity index (χ2v) is 6.96. The van der Waals surface area contributed by atoms with Crippen molar-refractivity contribution in [3.8, 4) is 0 Å². The first-order valence-electron chi connectivity index (χ1n) is 9.30. The third-order valence-electron chi connectivity index (χ3n) is 4.96. The molecule has 0 spiro atoms. The summed E-state index contributed by atoms with van der Waals surface area (Å²) in [5, 5.41) is 19.1. The quantitative estimate of drug-likeness (QED) is 0.442. The number of benzene rings is 1. The molecule has 6 nitrogen and oxygen atoms in total. The number of hydrogen-bond donors (Lipinski definition) is 4. The van der Waals surface area contributed by atoms with E-state index < -0.39 is 5.92 Å². The van der Waals surface area contributed by atoms with Crippen molar-refractivity contribution in [1.29, 1.82) is 10.8 Å². The van der Waals surface area contributed by atoms with E-state index in [4.69, 9.17) is 16.6 Å². The van der Waals surface area contributed by atoms with Crippen LogP contribution in [0, 0.1) is 10.8 Å². The van der Waals surface area contributed by atoms with Gasteiger partial charge < -0.3 is 21.4 Å². The van der Waals surface area contributed by atoms with E-state index in [0.29, 0.717) is 28.2 Å². The zero-order chi connectivity index (χ0) is 21.0. The third kappa shape index (κ3) is 4.59. The smallest absolute Gasteiger partial charge is 0.251 e. The van der Waals surface area contributed by atoms with Gasteiger partial charge in [-0.1, -0.05) is 6.07 Å². The zero-order valence-corrected chi connectivity index (χ0v) is 16.2. The minimum Gasteiger partial charge on any atom is -0.398 e. The lowest BCUT2D eigenvalue weighted by Gasteiger charge is -2.32. The largest absolute Gasteiger partial charge is 0.398 e. The molecule has 0 unspecified atom stereocenters. The highest BCUT2D eigenvalue weighted by atomic mass is 19.3. The summed E-state index contributed by atoms with van der Waals surface area (Å²) in [6.45, 7) is 0.456. The topological polar surface area (TPSA) is 102 Å². The molecular formula is C21H24F2N6. The fraction of sp³-hybridized carbons (Fsp3) is 0.286. The molecule has 0 atom stereocenters. The molecule has 1 aromatic heterocycles. The van der Waals surface area contributed by atoms with Crippen LogP contribution in [0.2, 0.25) is 0 Å². The molecule has 2 aromatic rings. The number of aromatic nitrogens is 1. The highest BCUT2D eigenvalue weighted by Gasteiger charge is 2.34. The van der Waals surface area contributed by atoms with Crippen LogP contribution in [0.3, 0.4) is 0 Å². The van der Waals surface area contributed by atoms with Gasteiger partial charge >= 0.3 is 0 Å². The lowest BCUT2D eigenvalue weighted by atomic mass is 9.97. The summed E-state index contributed by atoms with van der Waals surface area (Å²) in [6, 6.07) is 8.72. The Morgan fingerprint density at radius 3 is 2.59 bits per heavy atom. The van der Waals surface area contributed by atoms with Gasteiger partial charge in [0.15, 0.2) is 0 Å². The van der Waals surface area contributed by atoms with Crippen LogP contribution in [0.25, 0.3) is 5.57 Å². The van der Waals surface area contributed by atoms with E-state index in [0.717, 1.165) is 5.56 Å². The van der Waals surface area contributed by atoms with E-state index in [1.165, 1.54) is 6.21 Å². The Bertz CT molecular complexity index is 944. The molecule has 2 heterocycles. The number of allylic oxidation sites excluding steroid dienone is 1. The second kappa shape index (κ2) is 8.38. The molecule has 0 aliphatic carbocycles. The minimum atomic E-state index is -2.62. The normalized spacial score (nSPS) is 16.4. The van der Waals surface area contributed by atoms with Crippen LogP contribution in [0.15, 0.2) is 42.7 Å². The van der Waals surface area contributed by atoms with E-state index in [2.05, 4.69) is 10.3 Å². The van der Waals surface area contributed by atoms with Gasteiger partial charge in [-0.25, -0.2) is 13.8 Å². The standard InChI is InChI=1S/C21H24F2N6/c1-27-13-16(12-24)14-2-3-18(25)17(10-14)20(26)15-4-7-28-19(11-15)29-8-5-21(22,23)6-9-29/h2-4,7,10-13,24,26-27H,5-6,8-9,25H2,1H3/b16-13+,24-12?,26-20?. The first-order chi connectivity index (χ1) is 13.8. The molecule has 8 heteroatoms. The van der Waals surface area contributed by atoms with Crippen molar-refractivity contribution in [3.63, 3.8) is 0 Å².